The van der Waals surface area contributed by atoms with Crippen LogP contribution in [0.25, 0.3) is 0 Å². The molecule has 0 aliphatic rings. The highest BCUT2D eigenvalue weighted by atomic mass is 15.3. The van der Waals surface area contributed by atoms with Crippen molar-refractivity contribution in [1.29, 1.82) is 0 Å². The average Bonchev–Trinajstić information content (AvgIpc) is 2.72. The van der Waals surface area contributed by atoms with Crippen LogP contribution in [0.4, 0.5) is 0 Å². The third kappa shape index (κ3) is 3.28. The minimum absolute atomic E-state index is 0.329. The SMILES string of the molecule is CCNC(Cc1ccc(C)c(C)c1)c1cn(C)nc1C. The second-order valence-electron chi connectivity index (χ2n) is 5.58. The van der Waals surface area contributed by atoms with Crippen molar-refractivity contribution in [2.24, 2.45) is 7.05 Å². The van der Waals surface area contributed by atoms with Gasteiger partial charge in [0.05, 0.1) is 5.69 Å². The molecule has 1 N–H and O–H groups in total. The molecule has 0 bridgehead atoms. The molecule has 108 valence electrons. The fraction of sp³-hybridized carbons (Fsp3) is 0.471. The molecule has 1 heterocycles. The maximum Gasteiger partial charge on any atom is 0.0641 e. The van der Waals surface area contributed by atoms with Crippen LogP contribution in [-0.4, -0.2) is 16.3 Å². The van der Waals surface area contributed by atoms with E-state index in [1.807, 2.05) is 11.7 Å². The molecule has 1 unspecified atom stereocenters. The number of aryl methyl sites for hydroxylation is 4. The lowest BCUT2D eigenvalue weighted by Gasteiger charge is -2.18. The van der Waals surface area contributed by atoms with E-state index in [1.165, 1.54) is 22.3 Å². The molecule has 20 heavy (non-hydrogen) atoms. The molecule has 0 saturated carbocycles. The first-order valence-electron chi connectivity index (χ1n) is 7.31. The molecule has 2 aromatic rings. The van der Waals surface area contributed by atoms with Crippen LogP contribution in [-0.2, 0) is 13.5 Å². The van der Waals surface area contributed by atoms with Crippen molar-refractivity contribution in [2.45, 2.75) is 40.2 Å². The molecular formula is C17H25N3. The van der Waals surface area contributed by atoms with Crippen molar-refractivity contribution in [3.8, 4) is 0 Å². The minimum atomic E-state index is 0.329. The van der Waals surface area contributed by atoms with Crippen molar-refractivity contribution in [1.82, 2.24) is 15.1 Å². The lowest BCUT2D eigenvalue weighted by atomic mass is 9.97. The molecular weight excluding hydrogens is 246 g/mol. The van der Waals surface area contributed by atoms with E-state index in [4.69, 9.17) is 0 Å². The number of nitrogens with one attached hydrogen (secondary N) is 1. The van der Waals surface area contributed by atoms with Gasteiger partial charge in [0.15, 0.2) is 0 Å². The predicted octanol–water partition coefficient (Wildman–Crippen LogP) is 3.24. The lowest BCUT2D eigenvalue weighted by molar-refractivity contribution is 0.547. The van der Waals surface area contributed by atoms with Gasteiger partial charge in [-0.05, 0) is 50.4 Å². The van der Waals surface area contributed by atoms with Crippen LogP contribution >= 0.6 is 0 Å². The molecule has 3 heteroatoms. The van der Waals surface area contributed by atoms with Crippen LogP contribution in [0.5, 0.6) is 0 Å². The van der Waals surface area contributed by atoms with E-state index >= 15 is 0 Å². The summed E-state index contributed by atoms with van der Waals surface area (Å²) in [4.78, 5) is 0. The summed E-state index contributed by atoms with van der Waals surface area (Å²) in [6, 6.07) is 7.07. The second-order valence-corrected chi connectivity index (χ2v) is 5.58. The van der Waals surface area contributed by atoms with Crippen molar-refractivity contribution in [3.05, 3.63) is 52.3 Å². The Morgan fingerprint density at radius 3 is 2.50 bits per heavy atom. The van der Waals surface area contributed by atoms with Gasteiger partial charge >= 0.3 is 0 Å². The quantitative estimate of drug-likeness (QED) is 0.904. The summed E-state index contributed by atoms with van der Waals surface area (Å²) in [5, 5.41) is 8.05. The zero-order valence-corrected chi connectivity index (χ0v) is 13.2. The summed E-state index contributed by atoms with van der Waals surface area (Å²) in [6.07, 6.45) is 3.13. The summed E-state index contributed by atoms with van der Waals surface area (Å²) in [5.74, 6) is 0. The minimum Gasteiger partial charge on any atom is -0.310 e. The Morgan fingerprint density at radius 1 is 1.20 bits per heavy atom. The zero-order chi connectivity index (χ0) is 14.7. The topological polar surface area (TPSA) is 29.9 Å². The number of rotatable bonds is 5. The van der Waals surface area contributed by atoms with E-state index in [0.717, 1.165) is 18.7 Å². The van der Waals surface area contributed by atoms with Crippen LogP contribution < -0.4 is 5.32 Å². The van der Waals surface area contributed by atoms with E-state index in [1.54, 1.807) is 0 Å². The number of aromatic nitrogens is 2. The van der Waals surface area contributed by atoms with Gasteiger partial charge in [0.1, 0.15) is 0 Å². The summed E-state index contributed by atoms with van der Waals surface area (Å²) >= 11 is 0. The number of likely N-dealkylation sites (N-methyl/N-ethyl adjacent to an activating group) is 1. The largest absolute Gasteiger partial charge is 0.310 e. The van der Waals surface area contributed by atoms with Crippen LogP contribution in [0.15, 0.2) is 24.4 Å². The van der Waals surface area contributed by atoms with E-state index in [9.17, 15) is 0 Å². The van der Waals surface area contributed by atoms with Crippen LogP contribution in [0.1, 0.15) is 40.9 Å². The van der Waals surface area contributed by atoms with Crippen molar-refractivity contribution < 1.29 is 0 Å². The van der Waals surface area contributed by atoms with Gasteiger partial charge in [0, 0.05) is 24.8 Å². The fourth-order valence-corrected chi connectivity index (χ4v) is 2.66. The first kappa shape index (κ1) is 14.8. The molecule has 0 spiro atoms. The maximum atomic E-state index is 4.46. The Hall–Kier alpha value is -1.61. The van der Waals surface area contributed by atoms with E-state index in [2.05, 4.69) is 62.5 Å². The Morgan fingerprint density at radius 2 is 1.95 bits per heavy atom. The Bertz CT molecular complexity index is 584. The van der Waals surface area contributed by atoms with Gasteiger partial charge in [-0.3, -0.25) is 4.68 Å². The van der Waals surface area contributed by atoms with Crippen molar-refractivity contribution in [2.75, 3.05) is 6.54 Å². The smallest absolute Gasteiger partial charge is 0.0641 e. The number of nitrogens with zero attached hydrogens (tertiary/aromatic N) is 2. The Labute approximate surface area is 122 Å². The second kappa shape index (κ2) is 6.23. The third-order valence-electron chi connectivity index (χ3n) is 3.89. The third-order valence-corrected chi connectivity index (χ3v) is 3.89. The molecule has 0 radical (unpaired) electrons. The van der Waals surface area contributed by atoms with Gasteiger partial charge in [0.25, 0.3) is 0 Å². The highest BCUT2D eigenvalue weighted by Crippen LogP contribution is 2.22. The summed E-state index contributed by atoms with van der Waals surface area (Å²) in [7, 11) is 1.98. The molecule has 1 aromatic heterocycles. The highest BCUT2D eigenvalue weighted by molar-refractivity contribution is 5.32. The summed E-state index contributed by atoms with van der Waals surface area (Å²) < 4.78 is 1.90. The van der Waals surface area contributed by atoms with Crippen LogP contribution in [0, 0.1) is 20.8 Å². The molecule has 3 nitrogen and oxygen atoms in total. The number of hydrogen-bond donors (Lipinski definition) is 1. The molecule has 1 aromatic carbocycles. The van der Waals surface area contributed by atoms with E-state index in [0.29, 0.717) is 6.04 Å². The zero-order valence-electron chi connectivity index (χ0n) is 13.2. The molecule has 1 atom stereocenters. The lowest BCUT2D eigenvalue weighted by Crippen LogP contribution is -2.23. The standard InChI is InChI=1S/C17H25N3/c1-6-18-17(16-11-20(5)19-14(16)4)10-15-8-7-12(2)13(3)9-15/h7-9,11,17-18H,6,10H2,1-5H3. The van der Waals surface area contributed by atoms with E-state index < -0.39 is 0 Å². The van der Waals surface area contributed by atoms with Crippen LogP contribution in [0.3, 0.4) is 0 Å². The van der Waals surface area contributed by atoms with E-state index in [-0.39, 0.29) is 0 Å². The molecule has 0 saturated heterocycles. The molecule has 0 aliphatic carbocycles. The van der Waals surface area contributed by atoms with Gasteiger partial charge in [-0.2, -0.15) is 5.10 Å². The fourth-order valence-electron chi connectivity index (χ4n) is 2.66. The normalized spacial score (nSPS) is 12.7. The molecule has 0 aliphatic heterocycles. The predicted molar refractivity (Wildman–Crippen MR) is 84.0 cm³/mol. The van der Waals surface area contributed by atoms with Gasteiger partial charge in [-0.25, -0.2) is 0 Å². The van der Waals surface area contributed by atoms with Gasteiger partial charge < -0.3 is 5.32 Å². The van der Waals surface area contributed by atoms with Gasteiger partial charge in [-0.1, -0.05) is 25.1 Å². The number of hydrogen-bond acceptors (Lipinski definition) is 2. The van der Waals surface area contributed by atoms with Gasteiger partial charge in [-0.15, -0.1) is 0 Å². The summed E-state index contributed by atoms with van der Waals surface area (Å²) in [6.45, 7) is 9.53. The molecule has 0 amide bonds. The molecule has 2 rings (SSSR count). The van der Waals surface area contributed by atoms with Crippen molar-refractivity contribution in [3.63, 3.8) is 0 Å². The first-order valence-corrected chi connectivity index (χ1v) is 7.31. The average molecular weight is 271 g/mol. The van der Waals surface area contributed by atoms with Crippen LogP contribution in [0.2, 0.25) is 0 Å². The summed E-state index contributed by atoms with van der Waals surface area (Å²) in [5.41, 5.74) is 6.50. The first-order chi connectivity index (χ1) is 9.51. The highest BCUT2D eigenvalue weighted by Gasteiger charge is 2.16. The van der Waals surface area contributed by atoms with Gasteiger partial charge in [0.2, 0.25) is 0 Å². The monoisotopic (exact) mass is 271 g/mol. The number of benzene rings is 1. The van der Waals surface area contributed by atoms with Crippen molar-refractivity contribution >= 4 is 0 Å². The Balaban J connectivity index is 2.25. The Kier molecular flexibility index (Phi) is 4.61. The maximum absolute atomic E-state index is 4.46. The molecule has 0 fully saturated rings.